The minimum absolute atomic E-state index is 0.434. The molecule has 0 radical (unpaired) electrons. The Labute approximate surface area is 96.4 Å². The summed E-state index contributed by atoms with van der Waals surface area (Å²) in [5.41, 5.74) is 0. The molecule has 0 aromatic carbocycles. The molecule has 94 valence electrons. The second-order valence-electron chi connectivity index (χ2n) is 5.27. The van der Waals surface area contributed by atoms with Gasteiger partial charge < -0.3 is 5.32 Å². The Morgan fingerprint density at radius 2 is 1.88 bits per heavy atom. The number of piperidine rings is 2. The van der Waals surface area contributed by atoms with Crippen LogP contribution in [0.2, 0.25) is 0 Å². The zero-order valence-electron chi connectivity index (χ0n) is 10.0. The molecule has 2 saturated heterocycles. The molecule has 2 rings (SSSR count). The molecule has 1 atom stereocenters. The van der Waals surface area contributed by atoms with E-state index in [1.165, 1.54) is 0 Å². The number of hydrogen-bond acceptors (Lipinski definition) is 2. The van der Waals surface area contributed by atoms with E-state index in [-0.39, 0.29) is 0 Å². The third kappa shape index (κ3) is 2.92. The average Bonchev–Trinajstić information content (AvgIpc) is 2.29. The SMILES string of the molecule is CC(F)(F)[C@H]1CCCN(C2CCNCC2)C1. The molecule has 2 aliphatic rings. The van der Waals surface area contributed by atoms with Gasteiger partial charge in [-0.25, -0.2) is 8.78 Å². The lowest BCUT2D eigenvalue weighted by Gasteiger charge is -2.41. The monoisotopic (exact) mass is 232 g/mol. The molecule has 0 saturated carbocycles. The highest BCUT2D eigenvalue weighted by molar-refractivity contribution is 4.86. The van der Waals surface area contributed by atoms with Gasteiger partial charge in [0.15, 0.2) is 0 Å². The molecule has 0 aliphatic carbocycles. The number of rotatable bonds is 2. The van der Waals surface area contributed by atoms with Gasteiger partial charge in [0.1, 0.15) is 0 Å². The van der Waals surface area contributed by atoms with E-state index < -0.39 is 11.8 Å². The molecule has 2 fully saturated rings. The Bertz CT molecular complexity index is 222. The van der Waals surface area contributed by atoms with Gasteiger partial charge in [0, 0.05) is 18.5 Å². The maximum atomic E-state index is 13.3. The van der Waals surface area contributed by atoms with Gasteiger partial charge in [-0.2, -0.15) is 0 Å². The lowest BCUT2D eigenvalue weighted by Crippen LogP contribution is -2.50. The molecule has 2 aliphatic heterocycles. The summed E-state index contributed by atoms with van der Waals surface area (Å²) in [4.78, 5) is 2.30. The molecule has 0 unspecified atom stereocenters. The Kier molecular flexibility index (Phi) is 3.80. The van der Waals surface area contributed by atoms with E-state index in [9.17, 15) is 8.78 Å². The second-order valence-corrected chi connectivity index (χ2v) is 5.27. The first-order valence-electron chi connectivity index (χ1n) is 6.40. The van der Waals surface area contributed by atoms with Crippen molar-refractivity contribution in [3.8, 4) is 0 Å². The summed E-state index contributed by atoms with van der Waals surface area (Å²) in [6.45, 7) is 4.75. The van der Waals surface area contributed by atoms with Crippen LogP contribution in [0.5, 0.6) is 0 Å². The Hall–Kier alpha value is -0.220. The third-order valence-electron chi connectivity index (χ3n) is 3.99. The Morgan fingerprint density at radius 3 is 2.50 bits per heavy atom. The predicted molar refractivity (Wildman–Crippen MR) is 60.8 cm³/mol. The van der Waals surface area contributed by atoms with E-state index in [1.54, 1.807) is 0 Å². The smallest absolute Gasteiger partial charge is 0.249 e. The van der Waals surface area contributed by atoms with Crippen molar-refractivity contribution >= 4 is 0 Å². The topological polar surface area (TPSA) is 15.3 Å². The van der Waals surface area contributed by atoms with Crippen LogP contribution in [-0.2, 0) is 0 Å². The molecule has 2 nitrogen and oxygen atoms in total. The molecular formula is C12H22F2N2. The van der Waals surface area contributed by atoms with Crippen LogP contribution in [0.3, 0.4) is 0 Å². The van der Waals surface area contributed by atoms with Crippen LogP contribution in [0, 0.1) is 5.92 Å². The van der Waals surface area contributed by atoms with Crippen molar-refractivity contribution in [3.63, 3.8) is 0 Å². The Balaban J connectivity index is 1.90. The van der Waals surface area contributed by atoms with Gasteiger partial charge in [-0.1, -0.05) is 0 Å². The predicted octanol–water partition coefficient (Wildman–Crippen LogP) is 2.11. The van der Waals surface area contributed by atoms with Gasteiger partial charge in [0.05, 0.1) is 0 Å². The molecule has 16 heavy (non-hydrogen) atoms. The van der Waals surface area contributed by atoms with Gasteiger partial charge in [0.25, 0.3) is 0 Å². The summed E-state index contributed by atoms with van der Waals surface area (Å²) < 4.78 is 26.6. The zero-order chi connectivity index (χ0) is 11.6. The first-order chi connectivity index (χ1) is 7.57. The van der Waals surface area contributed by atoms with Crippen LogP contribution in [-0.4, -0.2) is 43.0 Å². The first-order valence-corrected chi connectivity index (χ1v) is 6.40. The van der Waals surface area contributed by atoms with E-state index in [0.29, 0.717) is 19.0 Å². The highest BCUT2D eigenvalue weighted by Crippen LogP contribution is 2.32. The largest absolute Gasteiger partial charge is 0.317 e. The van der Waals surface area contributed by atoms with Crippen LogP contribution < -0.4 is 5.32 Å². The van der Waals surface area contributed by atoms with Crippen molar-refractivity contribution in [2.75, 3.05) is 26.2 Å². The maximum absolute atomic E-state index is 13.3. The van der Waals surface area contributed by atoms with Gasteiger partial charge in [0.2, 0.25) is 5.92 Å². The summed E-state index contributed by atoms with van der Waals surface area (Å²) in [6, 6.07) is 0.534. The number of alkyl halides is 2. The minimum Gasteiger partial charge on any atom is -0.317 e. The van der Waals surface area contributed by atoms with Crippen molar-refractivity contribution in [3.05, 3.63) is 0 Å². The number of halogens is 2. The lowest BCUT2D eigenvalue weighted by atomic mass is 9.90. The summed E-state index contributed by atoms with van der Waals surface area (Å²) >= 11 is 0. The molecule has 0 amide bonds. The highest BCUT2D eigenvalue weighted by atomic mass is 19.3. The fourth-order valence-electron chi connectivity index (χ4n) is 2.92. The molecule has 2 heterocycles. The van der Waals surface area contributed by atoms with Crippen molar-refractivity contribution in [2.45, 2.75) is 44.6 Å². The number of nitrogens with zero attached hydrogens (tertiary/aromatic N) is 1. The fourth-order valence-corrected chi connectivity index (χ4v) is 2.92. The second kappa shape index (κ2) is 4.96. The standard InChI is InChI=1S/C12H22F2N2/c1-12(13,14)10-3-2-8-16(9-10)11-4-6-15-7-5-11/h10-11,15H,2-9H2,1H3/t10-/m0/s1. The van der Waals surface area contributed by atoms with Crippen LogP contribution in [0.25, 0.3) is 0 Å². The molecule has 4 heteroatoms. The van der Waals surface area contributed by atoms with E-state index in [1.807, 2.05) is 0 Å². The quantitative estimate of drug-likeness (QED) is 0.784. The normalized spacial score (nSPS) is 30.6. The fraction of sp³-hybridized carbons (Fsp3) is 1.00. The van der Waals surface area contributed by atoms with Crippen molar-refractivity contribution in [1.29, 1.82) is 0 Å². The van der Waals surface area contributed by atoms with E-state index in [0.717, 1.165) is 45.8 Å². The van der Waals surface area contributed by atoms with Crippen LogP contribution >= 0.6 is 0 Å². The summed E-state index contributed by atoms with van der Waals surface area (Å²) in [5.74, 6) is -2.94. The number of hydrogen-bond donors (Lipinski definition) is 1. The first kappa shape index (κ1) is 12.2. The third-order valence-corrected chi connectivity index (χ3v) is 3.99. The van der Waals surface area contributed by atoms with Gasteiger partial charge in [-0.15, -0.1) is 0 Å². The van der Waals surface area contributed by atoms with E-state index in [4.69, 9.17) is 0 Å². The van der Waals surface area contributed by atoms with Crippen molar-refractivity contribution in [1.82, 2.24) is 10.2 Å². The van der Waals surface area contributed by atoms with Crippen LogP contribution in [0.4, 0.5) is 8.78 Å². The van der Waals surface area contributed by atoms with Crippen LogP contribution in [0.15, 0.2) is 0 Å². The molecule has 0 aromatic heterocycles. The summed E-state index contributed by atoms with van der Waals surface area (Å²) in [6.07, 6.45) is 3.84. The average molecular weight is 232 g/mol. The van der Waals surface area contributed by atoms with E-state index in [2.05, 4.69) is 10.2 Å². The Morgan fingerprint density at radius 1 is 1.19 bits per heavy atom. The molecule has 0 spiro atoms. The van der Waals surface area contributed by atoms with Crippen molar-refractivity contribution in [2.24, 2.45) is 5.92 Å². The summed E-state index contributed by atoms with van der Waals surface area (Å²) in [7, 11) is 0. The van der Waals surface area contributed by atoms with Gasteiger partial charge >= 0.3 is 0 Å². The zero-order valence-corrected chi connectivity index (χ0v) is 10.0. The van der Waals surface area contributed by atoms with Gasteiger partial charge in [-0.05, 0) is 52.2 Å². The molecule has 0 aromatic rings. The molecule has 0 bridgehead atoms. The number of likely N-dealkylation sites (tertiary alicyclic amines) is 1. The highest BCUT2D eigenvalue weighted by Gasteiger charge is 2.38. The van der Waals surface area contributed by atoms with Gasteiger partial charge in [-0.3, -0.25) is 4.90 Å². The van der Waals surface area contributed by atoms with Crippen LogP contribution in [0.1, 0.15) is 32.6 Å². The lowest BCUT2D eigenvalue weighted by molar-refractivity contribution is -0.0733. The maximum Gasteiger partial charge on any atom is 0.249 e. The minimum atomic E-state index is -2.51. The van der Waals surface area contributed by atoms with Crippen molar-refractivity contribution < 1.29 is 8.78 Å². The number of nitrogens with one attached hydrogen (secondary N) is 1. The van der Waals surface area contributed by atoms with E-state index >= 15 is 0 Å². The molecular weight excluding hydrogens is 210 g/mol. The molecule has 1 N–H and O–H groups in total. The summed E-state index contributed by atoms with van der Waals surface area (Å²) in [5, 5.41) is 3.32.